The van der Waals surface area contributed by atoms with Crippen molar-refractivity contribution in [1.29, 1.82) is 0 Å². The monoisotopic (exact) mass is 168 g/mol. The standard InChI is InChI=1S/C7H12N4O/c1-4-3-6(8)10-11(4)5(2)7(9)12/h3,5H,1-2H3,(H2,8,10)(H2,9,12). The van der Waals surface area contributed by atoms with E-state index in [0.29, 0.717) is 5.82 Å². The van der Waals surface area contributed by atoms with Gasteiger partial charge in [0.1, 0.15) is 11.9 Å². The molecule has 0 spiro atoms. The van der Waals surface area contributed by atoms with Crippen LogP contribution in [0.4, 0.5) is 5.82 Å². The Bertz CT molecular complexity index is 304. The highest BCUT2D eigenvalue weighted by Gasteiger charge is 2.14. The van der Waals surface area contributed by atoms with Crippen molar-refractivity contribution in [3.8, 4) is 0 Å². The van der Waals surface area contributed by atoms with Gasteiger partial charge >= 0.3 is 0 Å². The van der Waals surface area contributed by atoms with Crippen molar-refractivity contribution in [2.24, 2.45) is 5.73 Å². The molecular formula is C7H12N4O. The van der Waals surface area contributed by atoms with E-state index in [2.05, 4.69) is 5.10 Å². The number of rotatable bonds is 2. The lowest BCUT2D eigenvalue weighted by molar-refractivity contribution is -0.120. The Morgan fingerprint density at radius 2 is 2.33 bits per heavy atom. The molecule has 1 aromatic rings. The summed E-state index contributed by atoms with van der Waals surface area (Å²) in [6.07, 6.45) is 0. The summed E-state index contributed by atoms with van der Waals surface area (Å²) in [5, 5.41) is 3.92. The molecule has 1 aromatic heterocycles. The summed E-state index contributed by atoms with van der Waals surface area (Å²) in [4.78, 5) is 10.8. The predicted octanol–water partition coefficient (Wildman–Crippen LogP) is -0.180. The number of carbonyl (C=O) groups excluding carboxylic acids is 1. The number of anilines is 1. The molecule has 5 heteroatoms. The quantitative estimate of drug-likeness (QED) is 0.642. The lowest BCUT2D eigenvalue weighted by Crippen LogP contribution is -2.25. The Labute approximate surface area is 70.3 Å². The molecule has 1 rings (SSSR count). The zero-order chi connectivity index (χ0) is 9.30. The maximum absolute atomic E-state index is 10.8. The van der Waals surface area contributed by atoms with Crippen molar-refractivity contribution in [2.75, 3.05) is 5.73 Å². The molecule has 0 saturated heterocycles. The largest absolute Gasteiger partial charge is 0.382 e. The van der Waals surface area contributed by atoms with Gasteiger partial charge in [0.2, 0.25) is 5.91 Å². The van der Waals surface area contributed by atoms with E-state index in [1.54, 1.807) is 13.0 Å². The van der Waals surface area contributed by atoms with Gasteiger partial charge in [0.05, 0.1) is 0 Å². The fourth-order valence-corrected chi connectivity index (χ4v) is 1.02. The van der Waals surface area contributed by atoms with Crippen LogP contribution in [0.5, 0.6) is 0 Å². The van der Waals surface area contributed by atoms with Crippen LogP contribution in [0.15, 0.2) is 6.07 Å². The summed E-state index contributed by atoms with van der Waals surface area (Å²) in [7, 11) is 0. The summed E-state index contributed by atoms with van der Waals surface area (Å²) in [5.41, 5.74) is 11.4. The number of aryl methyl sites for hydroxylation is 1. The van der Waals surface area contributed by atoms with Crippen LogP contribution >= 0.6 is 0 Å². The first-order valence-corrected chi connectivity index (χ1v) is 3.63. The third-order valence-electron chi connectivity index (χ3n) is 1.72. The fraction of sp³-hybridized carbons (Fsp3) is 0.429. The molecule has 0 aliphatic heterocycles. The third-order valence-corrected chi connectivity index (χ3v) is 1.72. The van der Waals surface area contributed by atoms with Gasteiger partial charge in [-0.2, -0.15) is 5.10 Å². The molecule has 5 nitrogen and oxygen atoms in total. The van der Waals surface area contributed by atoms with Gasteiger partial charge in [0.25, 0.3) is 0 Å². The van der Waals surface area contributed by atoms with Crippen LogP contribution in [0, 0.1) is 6.92 Å². The molecule has 12 heavy (non-hydrogen) atoms. The molecule has 0 aliphatic carbocycles. The molecule has 0 saturated carbocycles. The maximum Gasteiger partial charge on any atom is 0.242 e. The fourth-order valence-electron chi connectivity index (χ4n) is 1.02. The van der Waals surface area contributed by atoms with Crippen LogP contribution in [0.1, 0.15) is 18.7 Å². The minimum Gasteiger partial charge on any atom is -0.382 e. The van der Waals surface area contributed by atoms with E-state index in [0.717, 1.165) is 5.69 Å². The number of primary amides is 1. The molecule has 0 aromatic carbocycles. The van der Waals surface area contributed by atoms with E-state index in [1.807, 2.05) is 6.92 Å². The Hall–Kier alpha value is -1.52. The van der Waals surface area contributed by atoms with Crippen molar-refractivity contribution in [3.05, 3.63) is 11.8 Å². The maximum atomic E-state index is 10.8. The lowest BCUT2D eigenvalue weighted by Gasteiger charge is -2.08. The van der Waals surface area contributed by atoms with Gasteiger partial charge in [-0.3, -0.25) is 9.48 Å². The molecule has 1 unspecified atom stereocenters. The second kappa shape index (κ2) is 2.84. The number of hydrogen-bond donors (Lipinski definition) is 2. The number of amides is 1. The van der Waals surface area contributed by atoms with E-state index < -0.39 is 11.9 Å². The Kier molecular flexibility index (Phi) is 2.03. The smallest absolute Gasteiger partial charge is 0.242 e. The predicted molar refractivity (Wildman–Crippen MR) is 45.3 cm³/mol. The highest BCUT2D eigenvalue weighted by atomic mass is 16.1. The Balaban J connectivity index is 3.02. The van der Waals surface area contributed by atoms with Crippen molar-refractivity contribution >= 4 is 11.7 Å². The average molecular weight is 168 g/mol. The summed E-state index contributed by atoms with van der Waals surface area (Å²) in [6, 6.07) is 1.25. The van der Waals surface area contributed by atoms with Gasteiger partial charge in [0, 0.05) is 11.8 Å². The number of hydrogen-bond acceptors (Lipinski definition) is 3. The number of aromatic nitrogens is 2. The first kappa shape index (κ1) is 8.58. The number of nitrogens with zero attached hydrogens (tertiary/aromatic N) is 2. The summed E-state index contributed by atoms with van der Waals surface area (Å²) in [6.45, 7) is 3.50. The zero-order valence-corrected chi connectivity index (χ0v) is 7.11. The molecule has 4 N–H and O–H groups in total. The van der Waals surface area contributed by atoms with Gasteiger partial charge in [0.15, 0.2) is 0 Å². The number of carbonyl (C=O) groups is 1. The van der Waals surface area contributed by atoms with Gasteiger partial charge in [-0.1, -0.05) is 0 Å². The van der Waals surface area contributed by atoms with Crippen LogP contribution in [0.25, 0.3) is 0 Å². The van der Waals surface area contributed by atoms with Crippen LogP contribution in [-0.2, 0) is 4.79 Å². The van der Waals surface area contributed by atoms with Crippen LogP contribution in [0.3, 0.4) is 0 Å². The second-order valence-electron chi connectivity index (χ2n) is 2.73. The first-order chi connectivity index (χ1) is 5.52. The Morgan fingerprint density at radius 3 is 2.67 bits per heavy atom. The van der Waals surface area contributed by atoms with E-state index in [9.17, 15) is 4.79 Å². The van der Waals surface area contributed by atoms with Crippen molar-refractivity contribution < 1.29 is 4.79 Å². The second-order valence-corrected chi connectivity index (χ2v) is 2.73. The highest BCUT2D eigenvalue weighted by Crippen LogP contribution is 2.10. The summed E-state index contributed by atoms with van der Waals surface area (Å²) in [5.74, 6) is -0.0122. The number of nitrogens with two attached hydrogens (primary N) is 2. The molecule has 0 radical (unpaired) electrons. The molecule has 0 fully saturated rings. The lowest BCUT2D eigenvalue weighted by atomic mass is 10.3. The van der Waals surface area contributed by atoms with E-state index in [1.165, 1.54) is 4.68 Å². The van der Waals surface area contributed by atoms with Crippen molar-refractivity contribution in [2.45, 2.75) is 19.9 Å². The Morgan fingerprint density at radius 1 is 1.75 bits per heavy atom. The third kappa shape index (κ3) is 1.39. The van der Waals surface area contributed by atoms with Crippen molar-refractivity contribution in [3.63, 3.8) is 0 Å². The van der Waals surface area contributed by atoms with Crippen LogP contribution in [0.2, 0.25) is 0 Å². The molecular weight excluding hydrogens is 156 g/mol. The SMILES string of the molecule is Cc1cc(N)nn1C(C)C(N)=O. The average Bonchev–Trinajstić information content (AvgIpc) is 2.28. The summed E-state index contributed by atoms with van der Waals surface area (Å²) < 4.78 is 1.51. The van der Waals surface area contributed by atoms with Crippen LogP contribution < -0.4 is 11.5 Å². The molecule has 0 aliphatic rings. The molecule has 0 bridgehead atoms. The van der Waals surface area contributed by atoms with Gasteiger partial charge in [-0.25, -0.2) is 0 Å². The minimum atomic E-state index is -0.442. The molecule has 1 heterocycles. The van der Waals surface area contributed by atoms with Crippen LogP contribution in [-0.4, -0.2) is 15.7 Å². The topological polar surface area (TPSA) is 86.9 Å². The minimum absolute atomic E-state index is 0.403. The van der Waals surface area contributed by atoms with Gasteiger partial charge in [-0.15, -0.1) is 0 Å². The molecule has 66 valence electrons. The van der Waals surface area contributed by atoms with Crippen molar-refractivity contribution in [1.82, 2.24) is 9.78 Å². The first-order valence-electron chi connectivity index (χ1n) is 3.63. The normalized spacial score (nSPS) is 12.8. The highest BCUT2D eigenvalue weighted by molar-refractivity contribution is 5.77. The van der Waals surface area contributed by atoms with E-state index in [4.69, 9.17) is 11.5 Å². The van der Waals surface area contributed by atoms with Gasteiger partial charge in [-0.05, 0) is 13.8 Å². The van der Waals surface area contributed by atoms with Gasteiger partial charge < -0.3 is 11.5 Å². The number of nitrogen functional groups attached to an aromatic ring is 1. The molecule has 1 atom stereocenters. The van der Waals surface area contributed by atoms with E-state index >= 15 is 0 Å². The molecule has 1 amide bonds. The summed E-state index contributed by atoms with van der Waals surface area (Å²) >= 11 is 0. The van der Waals surface area contributed by atoms with E-state index in [-0.39, 0.29) is 0 Å². The zero-order valence-electron chi connectivity index (χ0n) is 7.11.